The third-order valence-electron chi connectivity index (χ3n) is 4.29. The summed E-state index contributed by atoms with van der Waals surface area (Å²) in [6.45, 7) is 0.855. The number of hydrogen-bond acceptors (Lipinski definition) is 4. The van der Waals surface area contributed by atoms with Gasteiger partial charge >= 0.3 is 0 Å². The minimum Gasteiger partial charge on any atom is -0.381 e. The molecule has 0 saturated heterocycles. The highest BCUT2D eigenvalue weighted by Gasteiger charge is 2.12. The van der Waals surface area contributed by atoms with Crippen molar-refractivity contribution in [2.75, 3.05) is 7.11 Å². The zero-order chi connectivity index (χ0) is 20.9. The first-order valence-corrected chi connectivity index (χ1v) is 9.70. The molecule has 0 aliphatic heterocycles. The lowest BCUT2D eigenvalue weighted by atomic mass is 10.0. The average molecular weight is 416 g/mol. The standard InChI is InChI=1S/C12H16ClNO3.C10H10N2/c1-17-11(8-12(15)14-16)7-4-9-2-5-10(13)6-3-9;1-2-5-10(6-3-1)9-12-8-4-7-11-12/h2-3,5-6,11,16H,4,7-8H2,1H3,(H,14,15);1-8H,9H2. The van der Waals surface area contributed by atoms with E-state index in [1.165, 1.54) is 5.56 Å². The average Bonchev–Trinajstić information content (AvgIpc) is 3.26. The van der Waals surface area contributed by atoms with Gasteiger partial charge in [0.05, 0.1) is 19.1 Å². The molecule has 3 aromatic rings. The second-order valence-electron chi connectivity index (χ2n) is 6.45. The van der Waals surface area contributed by atoms with Gasteiger partial charge in [0.25, 0.3) is 0 Å². The van der Waals surface area contributed by atoms with E-state index in [0.29, 0.717) is 11.4 Å². The maximum atomic E-state index is 11.0. The van der Waals surface area contributed by atoms with Gasteiger partial charge in [-0.2, -0.15) is 5.10 Å². The fraction of sp³-hybridized carbons (Fsp3) is 0.273. The minimum atomic E-state index is -0.437. The number of benzene rings is 2. The molecule has 0 fully saturated rings. The van der Waals surface area contributed by atoms with E-state index < -0.39 is 5.91 Å². The molecular weight excluding hydrogens is 390 g/mol. The minimum absolute atomic E-state index is 0.153. The summed E-state index contributed by atoms with van der Waals surface area (Å²) in [5.74, 6) is -0.437. The molecule has 6 nitrogen and oxygen atoms in total. The highest BCUT2D eigenvalue weighted by atomic mass is 35.5. The van der Waals surface area contributed by atoms with Gasteiger partial charge in [-0.1, -0.05) is 54.1 Å². The van der Waals surface area contributed by atoms with Gasteiger partial charge in [0, 0.05) is 24.5 Å². The molecule has 2 aromatic carbocycles. The number of methoxy groups -OCH3 is 1. The summed E-state index contributed by atoms with van der Waals surface area (Å²) in [5, 5.41) is 13.3. The van der Waals surface area contributed by atoms with Crippen molar-refractivity contribution in [1.82, 2.24) is 15.3 Å². The third kappa shape index (κ3) is 8.91. The SMILES string of the molecule is COC(CCc1ccc(Cl)cc1)CC(=O)NO.c1ccc(Cn2cccn2)cc1. The summed E-state index contributed by atoms with van der Waals surface area (Å²) in [5.41, 5.74) is 4.02. The van der Waals surface area contributed by atoms with Crippen LogP contribution in [0.3, 0.4) is 0 Å². The number of aromatic nitrogens is 2. The molecule has 0 saturated carbocycles. The molecule has 0 aliphatic rings. The number of halogens is 1. The van der Waals surface area contributed by atoms with E-state index in [4.69, 9.17) is 21.5 Å². The lowest BCUT2D eigenvalue weighted by molar-refractivity contribution is -0.131. The van der Waals surface area contributed by atoms with Gasteiger partial charge < -0.3 is 4.74 Å². The molecule has 1 atom stereocenters. The number of hydroxylamine groups is 1. The van der Waals surface area contributed by atoms with Gasteiger partial charge in [0.2, 0.25) is 5.91 Å². The summed E-state index contributed by atoms with van der Waals surface area (Å²) >= 11 is 5.78. The molecule has 29 heavy (non-hydrogen) atoms. The Morgan fingerprint density at radius 3 is 2.45 bits per heavy atom. The second-order valence-corrected chi connectivity index (χ2v) is 6.89. The van der Waals surface area contributed by atoms with Crippen LogP contribution in [0.5, 0.6) is 0 Å². The smallest absolute Gasteiger partial charge is 0.245 e. The summed E-state index contributed by atoms with van der Waals surface area (Å²) < 4.78 is 7.08. The van der Waals surface area contributed by atoms with Crippen LogP contribution in [0.2, 0.25) is 5.02 Å². The molecule has 2 N–H and O–H groups in total. The maximum absolute atomic E-state index is 11.0. The molecule has 0 spiro atoms. The van der Waals surface area contributed by atoms with Crippen LogP contribution in [0.15, 0.2) is 73.1 Å². The number of nitrogens with zero attached hydrogens (tertiary/aromatic N) is 2. The van der Waals surface area contributed by atoms with Crippen LogP contribution < -0.4 is 5.48 Å². The van der Waals surface area contributed by atoms with E-state index in [0.717, 1.165) is 18.5 Å². The first kappa shape index (κ1) is 22.6. The quantitative estimate of drug-likeness (QED) is 0.428. The summed E-state index contributed by atoms with van der Waals surface area (Å²) in [4.78, 5) is 11.0. The lowest BCUT2D eigenvalue weighted by Crippen LogP contribution is -2.25. The fourth-order valence-electron chi connectivity index (χ4n) is 2.70. The Balaban J connectivity index is 0.000000218. The zero-order valence-corrected chi connectivity index (χ0v) is 17.1. The lowest BCUT2D eigenvalue weighted by Gasteiger charge is -2.13. The molecule has 1 heterocycles. The molecule has 1 amide bonds. The molecule has 0 radical (unpaired) electrons. The molecule has 7 heteroatoms. The van der Waals surface area contributed by atoms with Crippen LogP contribution in [0.4, 0.5) is 0 Å². The van der Waals surface area contributed by atoms with Crippen LogP contribution in [0.1, 0.15) is 24.0 Å². The molecule has 0 bridgehead atoms. The Hall–Kier alpha value is -2.67. The predicted molar refractivity (Wildman–Crippen MR) is 113 cm³/mol. The number of ether oxygens (including phenoxy) is 1. The van der Waals surface area contributed by atoms with Crippen LogP contribution in [0.25, 0.3) is 0 Å². The number of aryl methyl sites for hydroxylation is 1. The summed E-state index contributed by atoms with van der Waals surface area (Å²) in [6, 6.07) is 19.8. The monoisotopic (exact) mass is 415 g/mol. The number of amides is 1. The van der Waals surface area contributed by atoms with Crippen LogP contribution in [0, 0.1) is 0 Å². The van der Waals surface area contributed by atoms with E-state index >= 15 is 0 Å². The van der Waals surface area contributed by atoms with Crippen molar-refractivity contribution in [1.29, 1.82) is 0 Å². The van der Waals surface area contributed by atoms with Gasteiger partial charge in [0.15, 0.2) is 0 Å². The normalized spacial score (nSPS) is 11.3. The van der Waals surface area contributed by atoms with Gasteiger partial charge in [-0.3, -0.25) is 14.7 Å². The van der Waals surface area contributed by atoms with E-state index in [2.05, 4.69) is 17.2 Å². The maximum Gasteiger partial charge on any atom is 0.245 e. The zero-order valence-electron chi connectivity index (χ0n) is 16.4. The predicted octanol–water partition coefficient (Wildman–Crippen LogP) is 4.11. The van der Waals surface area contributed by atoms with Crippen molar-refractivity contribution in [3.8, 4) is 0 Å². The summed E-state index contributed by atoms with van der Waals surface area (Å²) in [7, 11) is 1.55. The van der Waals surface area contributed by atoms with Crippen LogP contribution >= 0.6 is 11.6 Å². The van der Waals surface area contributed by atoms with E-state index in [1.54, 1.807) is 18.8 Å². The first-order valence-electron chi connectivity index (χ1n) is 9.32. The van der Waals surface area contributed by atoms with E-state index in [9.17, 15) is 4.79 Å². The van der Waals surface area contributed by atoms with Crippen LogP contribution in [-0.2, 0) is 22.5 Å². The van der Waals surface area contributed by atoms with Gasteiger partial charge in [-0.25, -0.2) is 5.48 Å². The van der Waals surface area contributed by atoms with E-state index in [1.807, 2.05) is 59.4 Å². The molecule has 1 unspecified atom stereocenters. The van der Waals surface area contributed by atoms with E-state index in [-0.39, 0.29) is 12.5 Å². The Kier molecular flexibility index (Phi) is 9.92. The molecular formula is C22H26ClN3O3. The number of hydrogen-bond donors (Lipinski definition) is 2. The highest BCUT2D eigenvalue weighted by molar-refractivity contribution is 6.30. The highest BCUT2D eigenvalue weighted by Crippen LogP contribution is 2.13. The fourth-order valence-corrected chi connectivity index (χ4v) is 2.82. The molecule has 3 rings (SSSR count). The first-order chi connectivity index (χ1) is 14.1. The number of carbonyl (C=O) groups is 1. The van der Waals surface area contributed by atoms with Crippen molar-refractivity contribution in [3.05, 3.63) is 89.2 Å². The third-order valence-corrected chi connectivity index (χ3v) is 4.54. The number of rotatable bonds is 8. The molecule has 0 aliphatic carbocycles. The van der Waals surface area contributed by atoms with Crippen molar-refractivity contribution >= 4 is 17.5 Å². The number of nitrogens with one attached hydrogen (secondary N) is 1. The van der Waals surface area contributed by atoms with Crippen molar-refractivity contribution in [2.24, 2.45) is 0 Å². The Morgan fingerprint density at radius 1 is 1.14 bits per heavy atom. The van der Waals surface area contributed by atoms with Gasteiger partial charge in [0.1, 0.15) is 0 Å². The Morgan fingerprint density at radius 2 is 1.86 bits per heavy atom. The van der Waals surface area contributed by atoms with Crippen molar-refractivity contribution in [3.63, 3.8) is 0 Å². The summed E-state index contributed by atoms with van der Waals surface area (Å²) in [6.07, 6.45) is 5.23. The Bertz CT molecular complexity index is 824. The molecule has 154 valence electrons. The largest absolute Gasteiger partial charge is 0.381 e. The topological polar surface area (TPSA) is 76.4 Å². The van der Waals surface area contributed by atoms with Gasteiger partial charge in [-0.15, -0.1) is 0 Å². The van der Waals surface area contributed by atoms with Crippen LogP contribution in [-0.4, -0.2) is 34.1 Å². The molecule has 1 aromatic heterocycles. The van der Waals surface area contributed by atoms with Gasteiger partial charge in [-0.05, 0) is 42.2 Å². The number of carbonyl (C=O) groups excluding carboxylic acids is 1. The Labute approximate surface area is 176 Å². The van der Waals surface area contributed by atoms with Crippen molar-refractivity contribution < 1.29 is 14.7 Å². The van der Waals surface area contributed by atoms with Crippen molar-refractivity contribution in [2.45, 2.75) is 31.9 Å². The second kappa shape index (κ2) is 12.7.